The molecule has 10 heteroatoms. The third-order valence-electron chi connectivity index (χ3n) is 6.40. The van der Waals surface area contributed by atoms with Gasteiger partial charge in [0.15, 0.2) is 5.11 Å². The molecule has 0 atom stereocenters. The fourth-order valence-electron chi connectivity index (χ4n) is 4.43. The summed E-state index contributed by atoms with van der Waals surface area (Å²) < 4.78 is 34.5. The molecule has 0 radical (unpaired) electrons. The Balaban J connectivity index is 1.63. The topological polar surface area (TPSA) is 79.7 Å². The number of benzene rings is 2. The van der Waals surface area contributed by atoms with E-state index in [2.05, 4.69) is 33.9 Å². The zero-order chi connectivity index (χ0) is 27.0. The van der Waals surface area contributed by atoms with Crippen LogP contribution < -0.4 is 5.32 Å². The van der Waals surface area contributed by atoms with Gasteiger partial charge in [-0.2, -0.15) is 0 Å². The number of hydrogen-bond donors (Lipinski definition) is 1. The molecule has 1 aromatic heterocycles. The largest absolute Gasteiger partial charge is 0.379 e. The standard InChI is InChI=1S/C28H37N5O3S2/c1-23(2)30-27(37)32(14-13-31-15-17-36-18-16-31)21-26-19-29-28(33(26)20-24-9-5-3-6-10-24)38(34,35)22-25-11-7-4-8-12-25/h3-12,19,23H,13-18,20-22H2,1-2H3,(H,30,37). The van der Waals surface area contributed by atoms with Crippen LogP contribution >= 0.6 is 12.2 Å². The molecule has 0 saturated carbocycles. The van der Waals surface area contributed by atoms with Crippen molar-refractivity contribution in [1.82, 2.24) is 24.7 Å². The van der Waals surface area contributed by atoms with E-state index in [9.17, 15) is 8.42 Å². The summed E-state index contributed by atoms with van der Waals surface area (Å²) >= 11 is 5.78. The fraction of sp³-hybridized carbons (Fsp3) is 0.429. The molecular weight excluding hydrogens is 518 g/mol. The van der Waals surface area contributed by atoms with E-state index >= 15 is 0 Å². The number of nitrogens with zero attached hydrogens (tertiary/aromatic N) is 4. The van der Waals surface area contributed by atoms with Gasteiger partial charge in [0.25, 0.3) is 0 Å². The number of sulfone groups is 1. The number of nitrogens with one attached hydrogen (secondary N) is 1. The molecule has 38 heavy (non-hydrogen) atoms. The molecule has 1 N–H and O–H groups in total. The Morgan fingerprint density at radius 1 is 1.05 bits per heavy atom. The number of ether oxygens (including phenoxy) is 1. The second-order valence-electron chi connectivity index (χ2n) is 9.83. The van der Waals surface area contributed by atoms with Crippen LogP contribution in [0.3, 0.4) is 0 Å². The number of thiocarbonyl (C=S) groups is 1. The van der Waals surface area contributed by atoms with Crippen LogP contribution in [0.2, 0.25) is 0 Å². The predicted octanol–water partition coefficient (Wildman–Crippen LogP) is 3.32. The van der Waals surface area contributed by atoms with Crippen molar-refractivity contribution in [3.05, 3.63) is 83.7 Å². The van der Waals surface area contributed by atoms with Crippen molar-refractivity contribution in [3.63, 3.8) is 0 Å². The van der Waals surface area contributed by atoms with Gasteiger partial charge in [-0.15, -0.1) is 0 Å². The summed E-state index contributed by atoms with van der Waals surface area (Å²) in [5.74, 6) is -0.104. The van der Waals surface area contributed by atoms with Crippen molar-refractivity contribution in [3.8, 4) is 0 Å². The molecule has 0 aliphatic carbocycles. The second kappa shape index (κ2) is 13.3. The van der Waals surface area contributed by atoms with Crippen LogP contribution in [0.15, 0.2) is 72.0 Å². The van der Waals surface area contributed by atoms with Gasteiger partial charge >= 0.3 is 0 Å². The monoisotopic (exact) mass is 555 g/mol. The van der Waals surface area contributed by atoms with E-state index in [1.807, 2.05) is 65.2 Å². The Hall–Kier alpha value is -2.79. The highest BCUT2D eigenvalue weighted by atomic mass is 32.2. The SMILES string of the molecule is CC(C)NC(=S)N(CCN1CCOCC1)Cc1cnc(S(=O)(=O)Cc2ccccc2)n1Cc1ccccc1. The first-order chi connectivity index (χ1) is 18.3. The maximum atomic E-state index is 13.6. The van der Waals surface area contributed by atoms with Gasteiger partial charge in [0.05, 0.1) is 43.9 Å². The van der Waals surface area contributed by atoms with Crippen LogP contribution in [0.1, 0.15) is 30.7 Å². The van der Waals surface area contributed by atoms with E-state index in [1.165, 1.54) is 0 Å². The molecule has 4 rings (SSSR count). The lowest BCUT2D eigenvalue weighted by Crippen LogP contribution is -2.47. The molecule has 1 saturated heterocycles. The molecule has 0 unspecified atom stereocenters. The molecular formula is C28H37N5O3S2. The summed E-state index contributed by atoms with van der Waals surface area (Å²) in [5.41, 5.74) is 2.54. The van der Waals surface area contributed by atoms with Gasteiger partial charge < -0.3 is 19.5 Å². The maximum Gasteiger partial charge on any atom is 0.228 e. The van der Waals surface area contributed by atoms with Crippen molar-refractivity contribution >= 4 is 27.2 Å². The number of rotatable bonds is 11. The molecule has 1 fully saturated rings. The fourth-order valence-corrected chi connectivity index (χ4v) is 6.32. The Labute approximate surface area is 231 Å². The molecule has 204 valence electrons. The predicted molar refractivity (Wildman–Crippen MR) is 154 cm³/mol. The number of hydrogen-bond acceptors (Lipinski definition) is 6. The van der Waals surface area contributed by atoms with Gasteiger partial charge in [-0.1, -0.05) is 60.7 Å². The molecule has 2 heterocycles. The van der Waals surface area contributed by atoms with Gasteiger partial charge in [0.2, 0.25) is 15.0 Å². The van der Waals surface area contributed by atoms with E-state index in [4.69, 9.17) is 17.0 Å². The van der Waals surface area contributed by atoms with Gasteiger partial charge in [-0.25, -0.2) is 13.4 Å². The molecule has 0 bridgehead atoms. The van der Waals surface area contributed by atoms with Crippen LogP contribution in [0.25, 0.3) is 0 Å². The summed E-state index contributed by atoms with van der Waals surface area (Å²) in [6.07, 6.45) is 1.68. The first-order valence-electron chi connectivity index (χ1n) is 13.0. The normalized spacial score (nSPS) is 14.5. The van der Waals surface area contributed by atoms with Crippen molar-refractivity contribution in [2.75, 3.05) is 39.4 Å². The highest BCUT2D eigenvalue weighted by molar-refractivity contribution is 7.90. The summed E-state index contributed by atoms with van der Waals surface area (Å²) in [6.45, 7) is 9.78. The van der Waals surface area contributed by atoms with Gasteiger partial charge in [0, 0.05) is 32.2 Å². The van der Waals surface area contributed by atoms with Gasteiger partial charge in [-0.3, -0.25) is 4.90 Å². The minimum Gasteiger partial charge on any atom is -0.379 e. The Bertz CT molecular complexity index is 1270. The summed E-state index contributed by atoms with van der Waals surface area (Å²) in [6, 6.07) is 19.3. The minimum absolute atomic E-state index is 0.0797. The van der Waals surface area contributed by atoms with Crippen LogP contribution in [0, 0.1) is 0 Å². The zero-order valence-corrected chi connectivity index (χ0v) is 23.8. The summed E-state index contributed by atoms with van der Waals surface area (Å²) in [5, 5.41) is 4.08. The molecule has 2 aromatic carbocycles. The van der Waals surface area contributed by atoms with Crippen LogP contribution in [0.4, 0.5) is 0 Å². The van der Waals surface area contributed by atoms with Crippen molar-refractivity contribution < 1.29 is 13.2 Å². The smallest absolute Gasteiger partial charge is 0.228 e. The first kappa shape index (κ1) is 28.2. The lowest BCUT2D eigenvalue weighted by atomic mass is 10.2. The number of imidazole rings is 1. The Morgan fingerprint density at radius 2 is 1.68 bits per heavy atom. The van der Waals surface area contributed by atoms with Crippen molar-refractivity contribution in [2.45, 2.75) is 43.9 Å². The maximum absolute atomic E-state index is 13.6. The highest BCUT2D eigenvalue weighted by Gasteiger charge is 2.26. The molecule has 0 amide bonds. The summed E-state index contributed by atoms with van der Waals surface area (Å²) in [4.78, 5) is 8.94. The quantitative estimate of drug-likeness (QED) is 0.361. The number of morpholine rings is 1. The van der Waals surface area contributed by atoms with E-state index in [0.717, 1.165) is 49.7 Å². The molecule has 8 nitrogen and oxygen atoms in total. The van der Waals surface area contributed by atoms with E-state index < -0.39 is 9.84 Å². The third-order valence-corrected chi connectivity index (χ3v) is 8.38. The molecule has 1 aliphatic heterocycles. The van der Waals surface area contributed by atoms with E-state index in [1.54, 1.807) is 6.20 Å². The van der Waals surface area contributed by atoms with Crippen LogP contribution in [0.5, 0.6) is 0 Å². The van der Waals surface area contributed by atoms with Gasteiger partial charge in [0.1, 0.15) is 0 Å². The molecule has 3 aromatic rings. The highest BCUT2D eigenvalue weighted by Crippen LogP contribution is 2.21. The van der Waals surface area contributed by atoms with Gasteiger partial charge in [-0.05, 0) is 37.2 Å². The van der Waals surface area contributed by atoms with Crippen molar-refractivity contribution in [1.29, 1.82) is 0 Å². The Morgan fingerprint density at radius 3 is 2.32 bits per heavy atom. The minimum atomic E-state index is -3.68. The average molecular weight is 556 g/mol. The van der Waals surface area contributed by atoms with Crippen molar-refractivity contribution in [2.24, 2.45) is 0 Å². The zero-order valence-electron chi connectivity index (χ0n) is 22.1. The lowest BCUT2D eigenvalue weighted by molar-refractivity contribution is 0.0356. The van der Waals surface area contributed by atoms with Crippen LogP contribution in [-0.2, 0) is 33.4 Å². The van der Waals surface area contributed by atoms with Crippen LogP contribution in [-0.4, -0.2) is 78.3 Å². The third kappa shape index (κ3) is 7.86. The first-order valence-corrected chi connectivity index (χ1v) is 15.1. The number of aromatic nitrogens is 2. The Kier molecular flexibility index (Phi) is 9.90. The molecule has 1 aliphatic rings. The van der Waals surface area contributed by atoms with E-state index in [-0.39, 0.29) is 17.0 Å². The summed E-state index contributed by atoms with van der Waals surface area (Å²) in [7, 11) is -3.68. The lowest BCUT2D eigenvalue weighted by Gasteiger charge is -2.32. The average Bonchev–Trinajstić information content (AvgIpc) is 3.30. The van der Waals surface area contributed by atoms with E-state index in [0.29, 0.717) is 24.7 Å². The molecule has 0 spiro atoms. The second-order valence-corrected chi connectivity index (χ2v) is 12.1.